The summed E-state index contributed by atoms with van der Waals surface area (Å²) in [7, 11) is 2.07. The van der Waals surface area contributed by atoms with E-state index in [1.165, 1.54) is 0 Å². The van der Waals surface area contributed by atoms with Crippen molar-refractivity contribution in [3.63, 3.8) is 0 Å². The van der Waals surface area contributed by atoms with Gasteiger partial charge in [-0.25, -0.2) is 0 Å². The first-order valence-corrected chi connectivity index (χ1v) is 6.54. The van der Waals surface area contributed by atoms with Gasteiger partial charge < -0.3 is 21.7 Å². The maximum absolute atomic E-state index is 11.9. The van der Waals surface area contributed by atoms with Crippen LogP contribution in [0.4, 0.5) is 11.4 Å². The number of nitrogens with zero attached hydrogens (tertiary/aromatic N) is 1. The zero-order valence-electron chi connectivity index (χ0n) is 11.9. The fourth-order valence-electron chi connectivity index (χ4n) is 1.70. The average Bonchev–Trinajstić information content (AvgIpc) is 2.32. The number of rotatable bonds is 6. The summed E-state index contributed by atoms with van der Waals surface area (Å²) in [6.45, 7) is 5.89. The summed E-state index contributed by atoms with van der Waals surface area (Å²) >= 11 is 0. The van der Waals surface area contributed by atoms with Crippen LogP contribution in [0.3, 0.4) is 0 Å². The van der Waals surface area contributed by atoms with Gasteiger partial charge in [-0.15, -0.1) is 0 Å². The van der Waals surface area contributed by atoms with Crippen LogP contribution in [-0.4, -0.2) is 37.0 Å². The second-order valence-electron chi connectivity index (χ2n) is 5.07. The minimum atomic E-state index is -0.133. The highest BCUT2D eigenvalue weighted by molar-refractivity contribution is 5.96. The van der Waals surface area contributed by atoms with E-state index < -0.39 is 0 Å². The summed E-state index contributed by atoms with van der Waals surface area (Å²) in [5, 5.41) is 2.87. The smallest absolute Gasteiger partial charge is 0.251 e. The fraction of sp³-hybridized carbons (Fsp3) is 0.500. The predicted octanol–water partition coefficient (Wildman–Crippen LogP) is 1.31. The third kappa shape index (κ3) is 5.18. The first-order valence-electron chi connectivity index (χ1n) is 6.54. The molecule has 0 aliphatic heterocycles. The average molecular weight is 264 g/mol. The number of nitrogens with two attached hydrogens (primary N) is 2. The molecular formula is C14H24N4O. The van der Waals surface area contributed by atoms with Crippen LogP contribution in [-0.2, 0) is 0 Å². The Morgan fingerprint density at radius 1 is 1.26 bits per heavy atom. The maximum atomic E-state index is 11.9. The molecule has 0 aliphatic rings. The molecule has 1 aromatic rings. The highest BCUT2D eigenvalue weighted by Gasteiger charge is 2.07. The topological polar surface area (TPSA) is 84.4 Å². The van der Waals surface area contributed by atoms with Gasteiger partial charge in [-0.3, -0.25) is 4.79 Å². The van der Waals surface area contributed by atoms with Crippen LogP contribution in [0, 0.1) is 0 Å². The van der Waals surface area contributed by atoms with E-state index in [4.69, 9.17) is 11.5 Å². The number of amides is 1. The lowest BCUT2D eigenvalue weighted by Crippen LogP contribution is -2.31. The van der Waals surface area contributed by atoms with Crippen molar-refractivity contribution < 1.29 is 4.79 Å². The summed E-state index contributed by atoms with van der Waals surface area (Å²) in [4.78, 5) is 14.1. The molecule has 5 N–H and O–H groups in total. The lowest BCUT2D eigenvalue weighted by molar-refractivity contribution is 0.0951. The molecule has 0 bridgehead atoms. The van der Waals surface area contributed by atoms with E-state index in [-0.39, 0.29) is 5.91 Å². The summed E-state index contributed by atoms with van der Waals surface area (Å²) in [6, 6.07) is 5.41. The third-order valence-corrected chi connectivity index (χ3v) is 3.09. The van der Waals surface area contributed by atoms with Crippen molar-refractivity contribution in [1.29, 1.82) is 0 Å². The largest absolute Gasteiger partial charge is 0.399 e. The molecular weight excluding hydrogens is 240 g/mol. The summed E-state index contributed by atoms with van der Waals surface area (Å²) in [6.07, 6.45) is 0.915. The number of anilines is 2. The van der Waals surface area contributed by atoms with Crippen molar-refractivity contribution in [1.82, 2.24) is 10.2 Å². The Hall–Kier alpha value is -1.75. The minimum absolute atomic E-state index is 0.133. The molecule has 0 spiro atoms. The zero-order chi connectivity index (χ0) is 14.4. The molecule has 1 rings (SSSR count). The van der Waals surface area contributed by atoms with Crippen LogP contribution in [0.15, 0.2) is 18.2 Å². The van der Waals surface area contributed by atoms with Crippen LogP contribution in [0.2, 0.25) is 0 Å². The monoisotopic (exact) mass is 264 g/mol. The predicted molar refractivity (Wildman–Crippen MR) is 80.0 cm³/mol. The second-order valence-corrected chi connectivity index (χ2v) is 5.07. The van der Waals surface area contributed by atoms with Crippen molar-refractivity contribution in [2.75, 3.05) is 31.6 Å². The molecule has 1 aromatic carbocycles. The molecule has 0 heterocycles. The number of nitrogens with one attached hydrogen (secondary N) is 1. The Morgan fingerprint density at radius 3 is 2.37 bits per heavy atom. The Morgan fingerprint density at radius 2 is 1.84 bits per heavy atom. The molecule has 106 valence electrons. The van der Waals surface area contributed by atoms with E-state index in [2.05, 4.69) is 31.1 Å². The van der Waals surface area contributed by atoms with Gasteiger partial charge in [0.1, 0.15) is 0 Å². The maximum Gasteiger partial charge on any atom is 0.251 e. The Labute approximate surface area is 115 Å². The lowest BCUT2D eigenvalue weighted by atomic mass is 10.1. The van der Waals surface area contributed by atoms with Crippen LogP contribution in [0.25, 0.3) is 0 Å². The standard InChI is InChI=1S/C14H24N4O/c1-10(2)18(3)6-4-5-17-14(19)11-7-12(15)9-13(16)8-11/h7-10H,4-6,15-16H2,1-3H3,(H,17,19). The SMILES string of the molecule is CC(C)N(C)CCCNC(=O)c1cc(N)cc(N)c1. The van der Waals surface area contributed by atoms with Gasteiger partial charge in [-0.05, 0) is 52.1 Å². The quantitative estimate of drug-likeness (QED) is 0.534. The molecule has 0 atom stereocenters. The van der Waals surface area contributed by atoms with Crippen molar-refractivity contribution >= 4 is 17.3 Å². The number of carbonyl (C=O) groups is 1. The molecule has 0 aliphatic carbocycles. The Kier molecular flexibility index (Phi) is 5.63. The van der Waals surface area contributed by atoms with Gasteiger partial charge in [0.05, 0.1) is 0 Å². The van der Waals surface area contributed by atoms with Crippen LogP contribution >= 0.6 is 0 Å². The molecule has 5 nitrogen and oxygen atoms in total. The molecule has 5 heteroatoms. The van der Waals surface area contributed by atoms with Gasteiger partial charge in [0.2, 0.25) is 0 Å². The zero-order valence-corrected chi connectivity index (χ0v) is 11.9. The number of carbonyl (C=O) groups excluding carboxylic acids is 1. The van der Waals surface area contributed by atoms with Crippen molar-refractivity contribution in [3.05, 3.63) is 23.8 Å². The molecule has 0 saturated carbocycles. The van der Waals surface area contributed by atoms with E-state index >= 15 is 0 Å². The van der Waals surface area contributed by atoms with Crippen LogP contribution in [0.1, 0.15) is 30.6 Å². The van der Waals surface area contributed by atoms with Gasteiger partial charge in [-0.2, -0.15) is 0 Å². The third-order valence-electron chi connectivity index (χ3n) is 3.09. The Bertz CT molecular complexity index is 411. The van der Waals surface area contributed by atoms with E-state index in [9.17, 15) is 4.79 Å². The number of nitrogen functional groups attached to an aromatic ring is 2. The van der Waals surface area contributed by atoms with Crippen LogP contribution in [0.5, 0.6) is 0 Å². The molecule has 19 heavy (non-hydrogen) atoms. The normalized spacial score (nSPS) is 11.0. The highest BCUT2D eigenvalue weighted by Crippen LogP contribution is 2.13. The van der Waals surface area contributed by atoms with E-state index in [1.807, 2.05) is 0 Å². The number of benzene rings is 1. The van der Waals surface area contributed by atoms with Crippen molar-refractivity contribution in [2.24, 2.45) is 0 Å². The molecule has 0 fully saturated rings. The molecule has 1 amide bonds. The van der Waals surface area contributed by atoms with E-state index in [1.54, 1.807) is 18.2 Å². The molecule has 0 unspecified atom stereocenters. The first kappa shape index (κ1) is 15.3. The molecule has 0 aromatic heterocycles. The van der Waals surface area contributed by atoms with Gasteiger partial charge >= 0.3 is 0 Å². The molecule has 0 radical (unpaired) electrons. The van der Waals surface area contributed by atoms with Crippen molar-refractivity contribution in [2.45, 2.75) is 26.3 Å². The van der Waals surface area contributed by atoms with Gasteiger partial charge in [0.25, 0.3) is 5.91 Å². The van der Waals surface area contributed by atoms with Gasteiger partial charge in [-0.1, -0.05) is 0 Å². The number of hydrogen-bond donors (Lipinski definition) is 3. The number of hydrogen-bond acceptors (Lipinski definition) is 4. The second kappa shape index (κ2) is 6.99. The summed E-state index contributed by atoms with van der Waals surface area (Å²) in [5.41, 5.74) is 12.8. The van der Waals surface area contributed by atoms with Crippen LogP contribution < -0.4 is 16.8 Å². The molecule has 0 saturated heterocycles. The van der Waals surface area contributed by atoms with E-state index in [0.717, 1.165) is 13.0 Å². The van der Waals surface area contributed by atoms with Gasteiger partial charge in [0.15, 0.2) is 0 Å². The van der Waals surface area contributed by atoms with Gasteiger partial charge in [0, 0.05) is 29.5 Å². The summed E-state index contributed by atoms with van der Waals surface area (Å²) in [5.74, 6) is -0.133. The lowest BCUT2D eigenvalue weighted by Gasteiger charge is -2.20. The fourth-order valence-corrected chi connectivity index (χ4v) is 1.70. The Balaban J connectivity index is 2.39. The van der Waals surface area contributed by atoms with Crippen molar-refractivity contribution in [3.8, 4) is 0 Å². The summed E-state index contributed by atoms with van der Waals surface area (Å²) < 4.78 is 0. The first-order chi connectivity index (χ1) is 8.90. The minimum Gasteiger partial charge on any atom is -0.399 e. The van der Waals surface area contributed by atoms with E-state index in [0.29, 0.717) is 29.5 Å². The highest BCUT2D eigenvalue weighted by atomic mass is 16.1.